The normalized spacial score (nSPS) is 11.3. The van der Waals surface area contributed by atoms with Crippen molar-refractivity contribution in [1.29, 1.82) is 0 Å². The molecule has 1 aromatic heterocycles. The summed E-state index contributed by atoms with van der Waals surface area (Å²) in [6.45, 7) is 12.8. The molecule has 6 heteroatoms. The second-order valence-electron chi connectivity index (χ2n) is 6.38. The van der Waals surface area contributed by atoms with Gasteiger partial charge in [-0.05, 0) is 44.6 Å². The first-order valence-electron chi connectivity index (χ1n) is 9.12. The minimum absolute atomic E-state index is 0.226. The number of hydrogen-bond donors (Lipinski definition) is 1. The highest BCUT2D eigenvalue weighted by molar-refractivity contribution is 6.33. The minimum Gasteiger partial charge on any atom is -0.378 e. The smallest absolute Gasteiger partial charge is 0.254 e. The minimum atomic E-state index is -0.226. The van der Waals surface area contributed by atoms with Crippen molar-refractivity contribution in [3.63, 3.8) is 0 Å². The van der Waals surface area contributed by atoms with E-state index in [-0.39, 0.29) is 11.1 Å². The number of halogens is 1. The van der Waals surface area contributed by atoms with Crippen molar-refractivity contribution in [1.82, 2.24) is 15.2 Å². The summed E-state index contributed by atoms with van der Waals surface area (Å²) in [5.41, 5.74) is 3.41. The molecule has 0 saturated heterocycles. The van der Waals surface area contributed by atoms with Crippen LogP contribution in [0.3, 0.4) is 0 Å². The average Bonchev–Trinajstić information content (AvgIpc) is 2.61. The second-order valence-corrected chi connectivity index (χ2v) is 6.73. The first-order chi connectivity index (χ1) is 12.5. The molecule has 1 aromatic carbocycles. The molecule has 0 saturated carbocycles. The molecule has 0 spiro atoms. The number of fused-ring (bicyclic) bond motifs is 1. The van der Waals surface area contributed by atoms with Crippen molar-refractivity contribution in [2.75, 3.05) is 39.4 Å². The van der Waals surface area contributed by atoms with Gasteiger partial charge in [0.2, 0.25) is 0 Å². The van der Waals surface area contributed by atoms with Crippen LogP contribution in [-0.2, 0) is 4.74 Å². The summed E-state index contributed by atoms with van der Waals surface area (Å²) >= 11 is 6.23. The number of ether oxygens (including phenoxy) is 1. The van der Waals surface area contributed by atoms with Gasteiger partial charge in [-0.3, -0.25) is 4.79 Å². The average molecular weight is 378 g/mol. The van der Waals surface area contributed by atoms with Gasteiger partial charge >= 0.3 is 0 Å². The molecule has 0 aliphatic rings. The molecule has 0 aliphatic carbocycles. The Kier molecular flexibility index (Phi) is 7.82. The Morgan fingerprint density at radius 3 is 2.62 bits per heavy atom. The highest BCUT2D eigenvalue weighted by Crippen LogP contribution is 2.24. The monoisotopic (exact) mass is 377 g/mol. The fourth-order valence-corrected chi connectivity index (χ4v) is 3.18. The first kappa shape index (κ1) is 20.6. The van der Waals surface area contributed by atoms with Gasteiger partial charge in [-0.2, -0.15) is 0 Å². The summed E-state index contributed by atoms with van der Waals surface area (Å²) in [4.78, 5) is 19.1. The van der Waals surface area contributed by atoms with E-state index in [0.717, 1.165) is 41.7 Å². The number of hydrogen-bond acceptors (Lipinski definition) is 4. The number of rotatable bonds is 9. The van der Waals surface area contributed by atoms with Crippen molar-refractivity contribution >= 4 is 28.4 Å². The Labute approximate surface area is 160 Å². The van der Waals surface area contributed by atoms with Crippen LogP contribution >= 0.6 is 11.6 Å². The standard InChI is InChI=1S/C20H28ClN3O2/c1-5-24(6-2)8-10-26-9-7-22-20(25)17-13-16-12-14(3)11-15(4)18(16)23-19(17)21/h11-13H,5-10H2,1-4H3,(H,22,25). The molecule has 1 heterocycles. The van der Waals surface area contributed by atoms with E-state index in [0.29, 0.717) is 25.3 Å². The van der Waals surface area contributed by atoms with Gasteiger partial charge in [0.05, 0.1) is 24.3 Å². The number of nitrogens with zero attached hydrogens (tertiary/aromatic N) is 2. The highest BCUT2D eigenvalue weighted by atomic mass is 35.5. The summed E-state index contributed by atoms with van der Waals surface area (Å²) in [7, 11) is 0. The molecule has 2 rings (SSSR count). The summed E-state index contributed by atoms with van der Waals surface area (Å²) in [5.74, 6) is -0.226. The number of aromatic nitrogens is 1. The lowest BCUT2D eigenvalue weighted by Crippen LogP contribution is -2.30. The number of carbonyl (C=O) groups excluding carboxylic acids is 1. The number of benzene rings is 1. The van der Waals surface area contributed by atoms with Crippen LogP contribution in [0.2, 0.25) is 5.15 Å². The lowest BCUT2D eigenvalue weighted by Gasteiger charge is -2.17. The Morgan fingerprint density at radius 2 is 1.92 bits per heavy atom. The van der Waals surface area contributed by atoms with Crippen LogP contribution in [0.25, 0.3) is 10.9 Å². The number of carbonyl (C=O) groups is 1. The van der Waals surface area contributed by atoms with Gasteiger partial charge in [-0.25, -0.2) is 4.98 Å². The molecule has 0 unspecified atom stereocenters. The third kappa shape index (κ3) is 5.40. The Balaban J connectivity index is 1.90. The van der Waals surface area contributed by atoms with Crippen LogP contribution < -0.4 is 5.32 Å². The molecule has 0 aliphatic heterocycles. The molecule has 142 valence electrons. The molecule has 2 aromatic rings. The molecule has 0 atom stereocenters. The van der Waals surface area contributed by atoms with E-state index in [1.165, 1.54) is 0 Å². The van der Waals surface area contributed by atoms with Crippen LogP contribution in [0.1, 0.15) is 35.3 Å². The number of nitrogens with one attached hydrogen (secondary N) is 1. The van der Waals surface area contributed by atoms with Crippen LogP contribution in [0, 0.1) is 13.8 Å². The van der Waals surface area contributed by atoms with Crippen molar-refractivity contribution in [3.8, 4) is 0 Å². The first-order valence-corrected chi connectivity index (χ1v) is 9.49. The molecule has 26 heavy (non-hydrogen) atoms. The molecule has 0 bridgehead atoms. The molecule has 0 radical (unpaired) electrons. The van der Waals surface area contributed by atoms with Crippen molar-refractivity contribution in [3.05, 3.63) is 40.0 Å². The Bertz CT molecular complexity index is 760. The van der Waals surface area contributed by atoms with Gasteiger partial charge in [0.15, 0.2) is 0 Å². The maximum Gasteiger partial charge on any atom is 0.254 e. The largest absolute Gasteiger partial charge is 0.378 e. The Morgan fingerprint density at radius 1 is 1.19 bits per heavy atom. The van der Waals surface area contributed by atoms with E-state index < -0.39 is 0 Å². The highest BCUT2D eigenvalue weighted by Gasteiger charge is 2.14. The van der Waals surface area contributed by atoms with Crippen LogP contribution in [0.15, 0.2) is 18.2 Å². The van der Waals surface area contributed by atoms with Gasteiger partial charge < -0.3 is 15.0 Å². The van der Waals surface area contributed by atoms with E-state index >= 15 is 0 Å². The van der Waals surface area contributed by atoms with Crippen molar-refractivity contribution < 1.29 is 9.53 Å². The van der Waals surface area contributed by atoms with Gasteiger partial charge in [0.1, 0.15) is 5.15 Å². The van der Waals surface area contributed by atoms with E-state index in [9.17, 15) is 4.79 Å². The molecule has 5 nitrogen and oxygen atoms in total. The third-order valence-electron chi connectivity index (χ3n) is 4.43. The van der Waals surface area contributed by atoms with Gasteiger partial charge in [-0.15, -0.1) is 0 Å². The zero-order chi connectivity index (χ0) is 19.1. The fraction of sp³-hybridized carbons (Fsp3) is 0.500. The van der Waals surface area contributed by atoms with E-state index in [4.69, 9.17) is 16.3 Å². The maximum absolute atomic E-state index is 12.4. The summed E-state index contributed by atoms with van der Waals surface area (Å²) < 4.78 is 5.58. The fourth-order valence-electron chi connectivity index (χ4n) is 2.96. The van der Waals surface area contributed by atoms with E-state index in [1.807, 2.05) is 19.9 Å². The van der Waals surface area contributed by atoms with E-state index in [1.54, 1.807) is 6.07 Å². The van der Waals surface area contributed by atoms with Crippen molar-refractivity contribution in [2.45, 2.75) is 27.7 Å². The number of amides is 1. The zero-order valence-electron chi connectivity index (χ0n) is 16.1. The van der Waals surface area contributed by atoms with Gasteiger partial charge in [0.25, 0.3) is 5.91 Å². The molecular weight excluding hydrogens is 350 g/mol. The maximum atomic E-state index is 12.4. The topological polar surface area (TPSA) is 54.5 Å². The van der Waals surface area contributed by atoms with Crippen molar-refractivity contribution in [2.24, 2.45) is 0 Å². The van der Waals surface area contributed by atoms with Gasteiger partial charge in [0, 0.05) is 18.5 Å². The molecule has 1 N–H and O–H groups in total. The predicted molar refractivity (Wildman–Crippen MR) is 107 cm³/mol. The summed E-state index contributed by atoms with van der Waals surface area (Å²) in [6.07, 6.45) is 0. The van der Waals surface area contributed by atoms with Crippen LogP contribution in [0.5, 0.6) is 0 Å². The second kappa shape index (κ2) is 9.86. The zero-order valence-corrected chi connectivity index (χ0v) is 16.8. The molecular formula is C20H28ClN3O2. The number of pyridine rings is 1. The van der Waals surface area contributed by atoms with E-state index in [2.05, 4.69) is 35.1 Å². The lowest BCUT2D eigenvalue weighted by molar-refractivity contribution is 0.0884. The third-order valence-corrected chi connectivity index (χ3v) is 4.72. The van der Waals surface area contributed by atoms with Crippen LogP contribution in [-0.4, -0.2) is 55.2 Å². The number of aryl methyl sites for hydroxylation is 2. The SMILES string of the molecule is CCN(CC)CCOCCNC(=O)c1cc2cc(C)cc(C)c2nc1Cl. The molecule has 0 fully saturated rings. The predicted octanol–water partition coefficient (Wildman–Crippen LogP) is 3.59. The molecule has 1 amide bonds. The van der Waals surface area contributed by atoms with Gasteiger partial charge in [-0.1, -0.05) is 37.1 Å². The summed E-state index contributed by atoms with van der Waals surface area (Å²) in [6, 6.07) is 5.88. The lowest BCUT2D eigenvalue weighted by atomic mass is 10.1. The summed E-state index contributed by atoms with van der Waals surface area (Å²) in [5, 5.41) is 4.00. The quantitative estimate of drug-likeness (QED) is 0.536. The Hall–Kier alpha value is -1.69. The van der Waals surface area contributed by atoms with Crippen LogP contribution in [0.4, 0.5) is 0 Å². The number of likely N-dealkylation sites (N-methyl/N-ethyl adjacent to an activating group) is 1.